The predicted octanol–water partition coefficient (Wildman–Crippen LogP) is 2.80. The van der Waals surface area contributed by atoms with E-state index in [9.17, 15) is 9.18 Å². The molecule has 0 unspecified atom stereocenters. The van der Waals surface area contributed by atoms with E-state index in [0.29, 0.717) is 24.8 Å². The number of hydrogen-bond acceptors (Lipinski definition) is 5. The maximum absolute atomic E-state index is 13.6. The number of aromatic nitrogens is 3. The van der Waals surface area contributed by atoms with Gasteiger partial charge in [0.15, 0.2) is 0 Å². The second-order valence-corrected chi connectivity index (χ2v) is 8.15. The number of piperidine rings is 1. The van der Waals surface area contributed by atoms with Crippen molar-refractivity contribution in [1.29, 1.82) is 0 Å². The van der Waals surface area contributed by atoms with E-state index in [1.54, 1.807) is 31.3 Å². The zero-order valence-corrected chi connectivity index (χ0v) is 17.6. The summed E-state index contributed by atoms with van der Waals surface area (Å²) in [6.07, 6.45) is 5.63. The molecule has 7 heteroatoms. The molecule has 4 heterocycles. The molecule has 0 aliphatic carbocycles. The fourth-order valence-electron chi connectivity index (χ4n) is 4.01. The zero-order valence-electron chi connectivity index (χ0n) is 17.6. The minimum atomic E-state index is -0.252. The molecule has 0 aromatic carbocycles. The van der Waals surface area contributed by atoms with Gasteiger partial charge in [-0.15, -0.1) is 0 Å². The maximum Gasteiger partial charge on any atom is 0.251 e. The van der Waals surface area contributed by atoms with Crippen LogP contribution in [0.15, 0.2) is 41.5 Å². The molecule has 4 rings (SSSR count). The molecule has 6 nitrogen and oxygen atoms in total. The SMILES string of the molecule is Cc1cnc2ccc(=O)n(CCN3CCC(NCc4cnc(C)c(F)c4)CC3)c2c1. The normalized spacial score (nSPS) is 15.7. The Labute approximate surface area is 175 Å². The van der Waals surface area contributed by atoms with Crippen molar-refractivity contribution in [1.82, 2.24) is 24.8 Å². The standard InChI is InChI=1S/C23H28FN5O/c1-16-11-22-21(27-13-16)3-4-23(30)29(22)10-9-28-7-5-19(6-8-28)26-15-18-12-20(24)17(2)25-14-18/h3-4,11-14,19,26H,5-10,15H2,1-2H3. The highest BCUT2D eigenvalue weighted by Crippen LogP contribution is 2.14. The highest BCUT2D eigenvalue weighted by Gasteiger charge is 2.19. The van der Waals surface area contributed by atoms with E-state index in [1.165, 1.54) is 0 Å². The van der Waals surface area contributed by atoms with E-state index in [4.69, 9.17) is 0 Å². The highest BCUT2D eigenvalue weighted by atomic mass is 19.1. The average Bonchev–Trinajstić information content (AvgIpc) is 2.74. The lowest BCUT2D eigenvalue weighted by Crippen LogP contribution is -2.43. The number of fused-ring (bicyclic) bond motifs is 1. The quantitative estimate of drug-likeness (QED) is 0.678. The largest absolute Gasteiger partial charge is 0.310 e. The summed E-state index contributed by atoms with van der Waals surface area (Å²) in [5.41, 5.74) is 4.13. The number of pyridine rings is 3. The van der Waals surface area contributed by atoms with E-state index >= 15 is 0 Å². The Hall–Kier alpha value is -2.64. The Morgan fingerprint density at radius 1 is 1.10 bits per heavy atom. The van der Waals surface area contributed by atoms with Crippen molar-refractivity contribution in [2.45, 2.75) is 45.8 Å². The van der Waals surface area contributed by atoms with Gasteiger partial charge in [0, 0.05) is 44.1 Å². The van der Waals surface area contributed by atoms with E-state index in [-0.39, 0.29) is 11.4 Å². The van der Waals surface area contributed by atoms with Crippen LogP contribution >= 0.6 is 0 Å². The van der Waals surface area contributed by atoms with Gasteiger partial charge in [-0.2, -0.15) is 0 Å². The third kappa shape index (κ3) is 4.74. The first kappa shape index (κ1) is 20.6. The summed E-state index contributed by atoms with van der Waals surface area (Å²) in [7, 11) is 0. The summed E-state index contributed by atoms with van der Waals surface area (Å²) >= 11 is 0. The first-order valence-corrected chi connectivity index (χ1v) is 10.5. The Morgan fingerprint density at radius 2 is 1.90 bits per heavy atom. The first-order valence-electron chi connectivity index (χ1n) is 10.5. The second kappa shape index (κ2) is 9.02. The lowest BCUT2D eigenvalue weighted by molar-refractivity contribution is 0.191. The van der Waals surface area contributed by atoms with Gasteiger partial charge < -0.3 is 14.8 Å². The number of hydrogen-bond donors (Lipinski definition) is 1. The van der Waals surface area contributed by atoms with Crippen LogP contribution in [0.25, 0.3) is 11.0 Å². The van der Waals surface area contributed by atoms with Gasteiger partial charge in [0.1, 0.15) is 5.82 Å². The molecular weight excluding hydrogens is 381 g/mol. The van der Waals surface area contributed by atoms with E-state index < -0.39 is 0 Å². The Kier molecular flexibility index (Phi) is 6.20. The van der Waals surface area contributed by atoms with E-state index in [1.807, 2.05) is 23.8 Å². The lowest BCUT2D eigenvalue weighted by atomic mass is 10.0. The molecule has 0 saturated carbocycles. The van der Waals surface area contributed by atoms with Crippen molar-refractivity contribution in [3.63, 3.8) is 0 Å². The van der Waals surface area contributed by atoms with Crippen LogP contribution in [0.1, 0.15) is 29.7 Å². The van der Waals surface area contributed by atoms with Crippen molar-refractivity contribution in [2.24, 2.45) is 0 Å². The molecule has 0 radical (unpaired) electrons. The number of nitrogens with one attached hydrogen (secondary N) is 1. The van der Waals surface area contributed by atoms with Crippen molar-refractivity contribution < 1.29 is 4.39 Å². The molecule has 158 valence electrons. The Bertz CT molecular complexity index is 1090. The molecule has 1 aliphatic heterocycles. The van der Waals surface area contributed by atoms with Gasteiger partial charge >= 0.3 is 0 Å². The van der Waals surface area contributed by atoms with Crippen LogP contribution in [0.4, 0.5) is 4.39 Å². The second-order valence-electron chi connectivity index (χ2n) is 8.15. The highest BCUT2D eigenvalue weighted by molar-refractivity contribution is 5.74. The molecule has 1 saturated heterocycles. The van der Waals surface area contributed by atoms with Crippen LogP contribution in [0.5, 0.6) is 0 Å². The van der Waals surface area contributed by atoms with Crippen LogP contribution in [0.3, 0.4) is 0 Å². The van der Waals surface area contributed by atoms with Crippen molar-refractivity contribution in [2.75, 3.05) is 19.6 Å². The lowest BCUT2D eigenvalue weighted by Gasteiger charge is -2.32. The summed E-state index contributed by atoms with van der Waals surface area (Å²) in [5.74, 6) is -0.252. The van der Waals surface area contributed by atoms with Gasteiger partial charge in [0.25, 0.3) is 5.56 Å². The van der Waals surface area contributed by atoms with Gasteiger partial charge in [0.2, 0.25) is 0 Å². The first-order chi connectivity index (χ1) is 14.5. The van der Waals surface area contributed by atoms with Crippen LogP contribution < -0.4 is 10.9 Å². The molecule has 30 heavy (non-hydrogen) atoms. The number of likely N-dealkylation sites (tertiary alicyclic amines) is 1. The molecule has 0 bridgehead atoms. The summed E-state index contributed by atoms with van der Waals surface area (Å²) < 4.78 is 15.5. The third-order valence-electron chi connectivity index (χ3n) is 5.88. The van der Waals surface area contributed by atoms with Gasteiger partial charge in [-0.25, -0.2) is 4.39 Å². The van der Waals surface area contributed by atoms with Crippen molar-refractivity contribution in [3.05, 3.63) is 69.7 Å². The number of halogens is 1. The molecule has 3 aromatic rings. The molecule has 3 aromatic heterocycles. The number of nitrogens with zero attached hydrogens (tertiary/aromatic N) is 4. The number of aryl methyl sites for hydroxylation is 2. The molecule has 0 atom stereocenters. The third-order valence-corrected chi connectivity index (χ3v) is 5.88. The van der Waals surface area contributed by atoms with Crippen LogP contribution in [-0.4, -0.2) is 45.1 Å². The minimum Gasteiger partial charge on any atom is -0.310 e. The Balaban J connectivity index is 1.30. The molecular formula is C23H28FN5O. The topological polar surface area (TPSA) is 63.1 Å². The minimum absolute atomic E-state index is 0.0189. The van der Waals surface area contributed by atoms with Crippen LogP contribution in [-0.2, 0) is 13.1 Å². The maximum atomic E-state index is 13.6. The van der Waals surface area contributed by atoms with Gasteiger partial charge in [-0.3, -0.25) is 14.8 Å². The van der Waals surface area contributed by atoms with Crippen LogP contribution in [0, 0.1) is 19.7 Å². The molecule has 0 amide bonds. The van der Waals surface area contributed by atoms with Crippen molar-refractivity contribution in [3.8, 4) is 0 Å². The molecule has 1 fully saturated rings. The predicted molar refractivity (Wildman–Crippen MR) is 116 cm³/mol. The fourth-order valence-corrected chi connectivity index (χ4v) is 4.01. The molecule has 0 spiro atoms. The average molecular weight is 410 g/mol. The zero-order chi connectivity index (χ0) is 21.1. The Morgan fingerprint density at radius 3 is 2.67 bits per heavy atom. The van der Waals surface area contributed by atoms with E-state index in [0.717, 1.165) is 54.6 Å². The molecule has 1 aliphatic rings. The summed E-state index contributed by atoms with van der Waals surface area (Å²) in [6, 6.07) is 7.40. The summed E-state index contributed by atoms with van der Waals surface area (Å²) in [4.78, 5) is 23.3. The van der Waals surface area contributed by atoms with Crippen molar-refractivity contribution >= 4 is 11.0 Å². The smallest absolute Gasteiger partial charge is 0.251 e. The monoisotopic (exact) mass is 409 g/mol. The summed E-state index contributed by atoms with van der Waals surface area (Å²) in [5, 5.41) is 3.52. The molecule has 1 N–H and O–H groups in total. The van der Waals surface area contributed by atoms with Gasteiger partial charge in [0.05, 0.1) is 16.7 Å². The summed E-state index contributed by atoms with van der Waals surface area (Å²) in [6.45, 7) is 7.76. The van der Waals surface area contributed by atoms with Gasteiger partial charge in [-0.05, 0) is 69.1 Å². The van der Waals surface area contributed by atoms with E-state index in [2.05, 4.69) is 20.2 Å². The van der Waals surface area contributed by atoms with Crippen LogP contribution in [0.2, 0.25) is 0 Å². The fraction of sp³-hybridized carbons (Fsp3) is 0.435. The van der Waals surface area contributed by atoms with Gasteiger partial charge in [-0.1, -0.05) is 0 Å². The number of rotatable bonds is 6.